The van der Waals surface area contributed by atoms with Gasteiger partial charge in [0.25, 0.3) is 0 Å². The SMILES string of the molecule is c1ccc(-c2cccc3c2nc(-c2ccc(-c4ccc(-c5cn6ccccc6n5)cc4)cc2)c2ccc4ccccc4c23)cc1. The quantitative estimate of drug-likeness (QED) is 0.196. The molecule has 3 nitrogen and oxygen atoms in total. The average molecular weight is 574 g/mol. The third kappa shape index (κ3) is 4.29. The number of imidazole rings is 1. The normalized spacial score (nSPS) is 11.6. The fourth-order valence-electron chi connectivity index (χ4n) is 6.60. The van der Waals surface area contributed by atoms with Crippen molar-refractivity contribution >= 4 is 38.1 Å². The smallest absolute Gasteiger partial charge is 0.137 e. The van der Waals surface area contributed by atoms with Crippen LogP contribution in [0.15, 0.2) is 164 Å². The van der Waals surface area contributed by atoms with Gasteiger partial charge in [0.15, 0.2) is 0 Å². The van der Waals surface area contributed by atoms with Gasteiger partial charge in [0, 0.05) is 45.2 Å². The molecule has 0 saturated carbocycles. The van der Waals surface area contributed by atoms with E-state index < -0.39 is 0 Å². The summed E-state index contributed by atoms with van der Waals surface area (Å²) in [5.41, 5.74) is 10.8. The fourth-order valence-corrected chi connectivity index (χ4v) is 6.60. The lowest BCUT2D eigenvalue weighted by molar-refractivity contribution is 1.19. The predicted molar refractivity (Wildman–Crippen MR) is 187 cm³/mol. The molecule has 0 aliphatic rings. The molecule has 6 aromatic carbocycles. The van der Waals surface area contributed by atoms with Crippen LogP contribution in [0.3, 0.4) is 0 Å². The largest absolute Gasteiger partial charge is 0.306 e. The molecule has 0 saturated heterocycles. The number of hydrogen-bond donors (Lipinski definition) is 0. The predicted octanol–water partition coefficient (Wildman–Crippen LogP) is 10.9. The van der Waals surface area contributed by atoms with Gasteiger partial charge < -0.3 is 4.40 Å². The van der Waals surface area contributed by atoms with Gasteiger partial charge in [-0.25, -0.2) is 9.97 Å². The molecule has 3 heterocycles. The van der Waals surface area contributed by atoms with Gasteiger partial charge >= 0.3 is 0 Å². The van der Waals surface area contributed by atoms with Crippen molar-refractivity contribution in [2.45, 2.75) is 0 Å². The standard InChI is InChI=1S/C42H27N3/c1-2-9-30(10-3-1)35-13-8-14-36-40-34-12-5-4-11-31(34)24-25-37(40)41(44-42(35)36)33-22-18-29(19-23-33)28-16-20-32(21-17-28)38-27-45-26-7-6-15-39(45)43-38/h1-27H. The second-order valence-corrected chi connectivity index (χ2v) is 11.5. The highest BCUT2D eigenvalue weighted by molar-refractivity contribution is 6.23. The van der Waals surface area contributed by atoms with Crippen molar-refractivity contribution in [3.8, 4) is 44.8 Å². The first-order chi connectivity index (χ1) is 22.3. The van der Waals surface area contributed by atoms with E-state index in [1.165, 1.54) is 38.2 Å². The van der Waals surface area contributed by atoms with Gasteiger partial charge in [0.2, 0.25) is 0 Å². The van der Waals surface area contributed by atoms with E-state index in [2.05, 4.69) is 144 Å². The zero-order valence-corrected chi connectivity index (χ0v) is 24.4. The Bertz CT molecular complexity index is 2480. The first-order valence-corrected chi connectivity index (χ1v) is 15.2. The number of fused-ring (bicyclic) bond motifs is 6. The molecular formula is C42H27N3. The van der Waals surface area contributed by atoms with E-state index in [4.69, 9.17) is 9.97 Å². The van der Waals surface area contributed by atoms with Crippen molar-refractivity contribution in [1.82, 2.24) is 14.4 Å². The van der Waals surface area contributed by atoms with Crippen LogP contribution in [0.25, 0.3) is 82.9 Å². The van der Waals surface area contributed by atoms with Crippen LogP contribution in [0.1, 0.15) is 0 Å². The fraction of sp³-hybridized carbons (Fsp3) is 0. The number of pyridine rings is 2. The molecule has 0 spiro atoms. The van der Waals surface area contributed by atoms with Crippen molar-refractivity contribution in [3.63, 3.8) is 0 Å². The van der Waals surface area contributed by atoms with Crippen LogP contribution in [0.2, 0.25) is 0 Å². The topological polar surface area (TPSA) is 30.2 Å². The van der Waals surface area contributed by atoms with Crippen molar-refractivity contribution in [3.05, 3.63) is 164 Å². The van der Waals surface area contributed by atoms with Gasteiger partial charge in [-0.05, 0) is 39.6 Å². The summed E-state index contributed by atoms with van der Waals surface area (Å²) >= 11 is 0. The Labute approximate surface area is 260 Å². The number of nitrogens with zero attached hydrogens (tertiary/aromatic N) is 3. The molecule has 210 valence electrons. The highest BCUT2D eigenvalue weighted by Crippen LogP contribution is 2.40. The molecule has 0 N–H and O–H groups in total. The van der Waals surface area contributed by atoms with E-state index in [9.17, 15) is 0 Å². The van der Waals surface area contributed by atoms with Gasteiger partial charge in [-0.2, -0.15) is 0 Å². The lowest BCUT2D eigenvalue weighted by Gasteiger charge is -2.15. The van der Waals surface area contributed by atoms with Crippen LogP contribution in [0.4, 0.5) is 0 Å². The Morgan fingerprint density at radius 2 is 1.11 bits per heavy atom. The van der Waals surface area contributed by atoms with Crippen LogP contribution >= 0.6 is 0 Å². The number of benzene rings is 6. The van der Waals surface area contributed by atoms with E-state index in [1.54, 1.807) is 0 Å². The van der Waals surface area contributed by atoms with E-state index in [0.717, 1.165) is 44.6 Å². The molecule has 9 aromatic rings. The maximum atomic E-state index is 5.41. The van der Waals surface area contributed by atoms with Crippen molar-refractivity contribution in [2.75, 3.05) is 0 Å². The summed E-state index contributed by atoms with van der Waals surface area (Å²) in [6.07, 6.45) is 4.10. The highest BCUT2D eigenvalue weighted by atomic mass is 15.0. The summed E-state index contributed by atoms with van der Waals surface area (Å²) in [5.74, 6) is 0. The molecule has 0 fully saturated rings. The van der Waals surface area contributed by atoms with Crippen LogP contribution < -0.4 is 0 Å². The first kappa shape index (κ1) is 25.4. The second kappa shape index (κ2) is 10.3. The van der Waals surface area contributed by atoms with E-state index in [1.807, 2.05) is 24.4 Å². The molecule has 0 amide bonds. The van der Waals surface area contributed by atoms with E-state index in [-0.39, 0.29) is 0 Å². The molecule has 0 aliphatic heterocycles. The van der Waals surface area contributed by atoms with E-state index >= 15 is 0 Å². The van der Waals surface area contributed by atoms with Gasteiger partial charge in [-0.1, -0.05) is 140 Å². The Hall–Kier alpha value is -6.06. The van der Waals surface area contributed by atoms with Gasteiger partial charge in [0.1, 0.15) is 5.65 Å². The highest BCUT2D eigenvalue weighted by Gasteiger charge is 2.16. The average Bonchev–Trinajstić information content (AvgIpc) is 3.56. The van der Waals surface area contributed by atoms with Crippen LogP contribution in [-0.2, 0) is 0 Å². The molecule has 0 unspecified atom stereocenters. The minimum absolute atomic E-state index is 0.950. The Balaban J connectivity index is 1.17. The molecule has 0 aliphatic carbocycles. The van der Waals surface area contributed by atoms with Crippen molar-refractivity contribution in [2.24, 2.45) is 0 Å². The Morgan fingerprint density at radius 3 is 1.91 bits per heavy atom. The Morgan fingerprint density at radius 1 is 0.422 bits per heavy atom. The third-order valence-electron chi connectivity index (χ3n) is 8.83. The minimum Gasteiger partial charge on any atom is -0.306 e. The Kier molecular flexibility index (Phi) is 5.82. The zero-order chi connectivity index (χ0) is 29.7. The van der Waals surface area contributed by atoms with Crippen LogP contribution in [0, 0.1) is 0 Å². The van der Waals surface area contributed by atoms with E-state index in [0.29, 0.717) is 0 Å². The van der Waals surface area contributed by atoms with Crippen molar-refractivity contribution in [1.29, 1.82) is 0 Å². The van der Waals surface area contributed by atoms with Crippen molar-refractivity contribution < 1.29 is 0 Å². The summed E-state index contributed by atoms with van der Waals surface area (Å²) in [6, 6.07) is 53.8. The summed E-state index contributed by atoms with van der Waals surface area (Å²) in [4.78, 5) is 10.2. The van der Waals surface area contributed by atoms with Gasteiger partial charge in [0.05, 0.1) is 16.9 Å². The molecule has 0 atom stereocenters. The molecular weight excluding hydrogens is 546 g/mol. The van der Waals surface area contributed by atoms with Gasteiger partial charge in [-0.15, -0.1) is 0 Å². The zero-order valence-electron chi connectivity index (χ0n) is 24.4. The number of hydrogen-bond acceptors (Lipinski definition) is 2. The molecule has 0 bridgehead atoms. The number of aromatic nitrogens is 3. The summed E-state index contributed by atoms with van der Waals surface area (Å²) in [7, 11) is 0. The molecule has 45 heavy (non-hydrogen) atoms. The van der Waals surface area contributed by atoms with Crippen LogP contribution in [0.5, 0.6) is 0 Å². The van der Waals surface area contributed by atoms with Gasteiger partial charge in [-0.3, -0.25) is 0 Å². The maximum absolute atomic E-state index is 5.41. The summed E-state index contributed by atoms with van der Waals surface area (Å²) in [5, 5.41) is 6.06. The minimum atomic E-state index is 0.950. The lowest BCUT2D eigenvalue weighted by Crippen LogP contribution is -1.93. The molecule has 3 heteroatoms. The maximum Gasteiger partial charge on any atom is 0.137 e. The summed E-state index contributed by atoms with van der Waals surface area (Å²) < 4.78 is 2.05. The van der Waals surface area contributed by atoms with Crippen LogP contribution in [-0.4, -0.2) is 14.4 Å². The molecule has 9 rings (SSSR count). The molecule has 3 aromatic heterocycles. The lowest BCUT2D eigenvalue weighted by atomic mass is 9.92. The summed E-state index contributed by atoms with van der Waals surface area (Å²) in [6.45, 7) is 0. The molecule has 0 radical (unpaired) electrons. The second-order valence-electron chi connectivity index (χ2n) is 11.5. The number of para-hydroxylation sites is 1. The number of rotatable bonds is 4. The monoisotopic (exact) mass is 573 g/mol. The first-order valence-electron chi connectivity index (χ1n) is 15.2. The third-order valence-corrected chi connectivity index (χ3v) is 8.83.